The molecule has 2 heterocycles. The Labute approximate surface area is 154 Å². The highest BCUT2D eigenvalue weighted by atomic mass is 16.2. The lowest BCUT2D eigenvalue weighted by Crippen LogP contribution is -2.45. The van der Waals surface area contributed by atoms with Crippen LogP contribution in [0.3, 0.4) is 0 Å². The molecular weight excluding hydrogens is 326 g/mol. The molecule has 5 heteroatoms. The second kappa shape index (κ2) is 7.87. The SMILES string of the molecule is CC(C)N(Cc1ccccc1)C(=O)CN1CCc2c(ccn(C)c2=O)C1. The Morgan fingerprint density at radius 2 is 1.92 bits per heavy atom. The van der Waals surface area contributed by atoms with Gasteiger partial charge in [-0.05, 0) is 37.5 Å². The molecule has 0 spiro atoms. The zero-order valence-electron chi connectivity index (χ0n) is 15.8. The van der Waals surface area contributed by atoms with Crippen molar-refractivity contribution in [1.82, 2.24) is 14.4 Å². The number of hydrogen-bond donors (Lipinski definition) is 0. The lowest BCUT2D eigenvalue weighted by molar-refractivity contribution is -0.135. The molecule has 1 amide bonds. The van der Waals surface area contributed by atoms with Crippen molar-refractivity contribution in [3.05, 3.63) is 69.6 Å². The average Bonchev–Trinajstić information content (AvgIpc) is 2.63. The molecule has 0 aliphatic carbocycles. The Hall–Kier alpha value is -2.40. The Bertz CT molecular complexity index is 827. The number of aromatic nitrogens is 1. The first-order valence-electron chi connectivity index (χ1n) is 9.19. The maximum absolute atomic E-state index is 12.9. The van der Waals surface area contributed by atoms with Gasteiger partial charge in [-0.1, -0.05) is 30.3 Å². The van der Waals surface area contributed by atoms with Gasteiger partial charge in [0.05, 0.1) is 6.54 Å². The molecule has 0 unspecified atom stereocenters. The summed E-state index contributed by atoms with van der Waals surface area (Å²) in [6.07, 6.45) is 2.51. The Kier molecular flexibility index (Phi) is 5.57. The molecule has 2 aromatic rings. The summed E-state index contributed by atoms with van der Waals surface area (Å²) in [5.74, 6) is 0.135. The molecule has 0 N–H and O–H groups in total. The van der Waals surface area contributed by atoms with Crippen LogP contribution in [-0.4, -0.2) is 39.4 Å². The van der Waals surface area contributed by atoms with Crippen molar-refractivity contribution in [1.29, 1.82) is 0 Å². The summed E-state index contributed by atoms with van der Waals surface area (Å²) in [7, 11) is 1.78. The van der Waals surface area contributed by atoms with Crippen LogP contribution in [0.25, 0.3) is 0 Å². The molecular formula is C21H27N3O2. The molecule has 5 nitrogen and oxygen atoms in total. The number of amides is 1. The summed E-state index contributed by atoms with van der Waals surface area (Å²) < 4.78 is 1.63. The quantitative estimate of drug-likeness (QED) is 0.828. The lowest BCUT2D eigenvalue weighted by Gasteiger charge is -2.32. The molecule has 3 rings (SSSR count). The van der Waals surface area contributed by atoms with Gasteiger partial charge in [-0.25, -0.2) is 0 Å². The van der Waals surface area contributed by atoms with E-state index >= 15 is 0 Å². The number of aryl methyl sites for hydroxylation is 1. The van der Waals surface area contributed by atoms with E-state index in [0.29, 0.717) is 26.1 Å². The van der Waals surface area contributed by atoms with E-state index in [1.54, 1.807) is 11.6 Å². The van der Waals surface area contributed by atoms with Crippen molar-refractivity contribution in [2.75, 3.05) is 13.1 Å². The number of carbonyl (C=O) groups excluding carboxylic acids is 1. The summed E-state index contributed by atoms with van der Waals surface area (Å²) in [4.78, 5) is 29.2. The van der Waals surface area contributed by atoms with Gasteiger partial charge in [-0.15, -0.1) is 0 Å². The minimum atomic E-state index is 0.0846. The minimum absolute atomic E-state index is 0.0846. The second-order valence-electron chi connectivity index (χ2n) is 7.30. The minimum Gasteiger partial charge on any atom is -0.335 e. The van der Waals surface area contributed by atoms with Crippen LogP contribution >= 0.6 is 0 Å². The number of carbonyl (C=O) groups is 1. The van der Waals surface area contributed by atoms with Crippen molar-refractivity contribution in [3.63, 3.8) is 0 Å². The number of fused-ring (bicyclic) bond motifs is 1. The van der Waals surface area contributed by atoms with E-state index in [9.17, 15) is 9.59 Å². The molecule has 26 heavy (non-hydrogen) atoms. The van der Waals surface area contributed by atoms with Crippen molar-refractivity contribution in [3.8, 4) is 0 Å². The van der Waals surface area contributed by atoms with Gasteiger partial charge in [0.15, 0.2) is 0 Å². The standard InChI is InChI=1S/C21H27N3O2/c1-16(2)24(13-17-7-5-4-6-8-17)20(25)15-23-12-10-19-18(14-23)9-11-22(3)21(19)26/h4-9,11,16H,10,12-15H2,1-3H3. The largest absolute Gasteiger partial charge is 0.335 e. The summed E-state index contributed by atoms with van der Waals surface area (Å²) in [5, 5.41) is 0. The van der Waals surface area contributed by atoms with Crippen LogP contribution in [0.5, 0.6) is 0 Å². The van der Waals surface area contributed by atoms with E-state index in [-0.39, 0.29) is 17.5 Å². The van der Waals surface area contributed by atoms with E-state index in [4.69, 9.17) is 0 Å². The molecule has 1 aliphatic rings. The van der Waals surface area contributed by atoms with E-state index in [2.05, 4.69) is 30.9 Å². The fraction of sp³-hybridized carbons (Fsp3) is 0.429. The predicted octanol–water partition coefficient (Wildman–Crippen LogP) is 2.18. The molecule has 0 atom stereocenters. The van der Waals surface area contributed by atoms with Crippen LogP contribution in [0.1, 0.15) is 30.5 Å². The highest BCUT2D eigenvalue weighted by Gasteiger charge is 2.24. The maximum Gasteiger partial charge on any atom is 0.253 e. The van der Waals surface area contributed by atoms with Crippen molar-refractivity contribution >= 4 is 5.91 Å². The third-order valence-electron chi connectivity index (χ3n) is 5.04. The fourth-order valence-corrected chi connectivity index (χ4v) is 3.48. The van der Waals surface area contributed by atoms with Gasteiger partial charge in [0.1, 0.15) is 0 Å². The molecule has 1 aromatic heterocycles. The zero-order valence-corrected chi connectivity index (χ0v) is 15.8. The van der Waals surface area contributed by atoms with Crippen LogP contribution in [-0.2, 0) is 31.4 Å². The van der Waals surface area contributed by atoms with Gasteiger partial charge in [0, 0.05) is 44.5 Å². The van der Waals surface area contributed by atoms with Crippen molar-refractivity contribution in [2.24, 2.45) is 7.05 Å². The van der Waals surface area contributed by atoms with Crippen LogP contribution < -0.4 is 5.56 Å². The lowest BCUT2D eigenvalue weighted by atomic mass is 10.0. The number of nitrogens with zero attached hydrogens (tertiary/aromatic N) is 3. The summed E-state index contributed by atoms with van der Waals surface area (Å²) in [6, 6.07) is 12.2. The number of pyridine rings is 1. The van der Waals surface area contributed by atoms with Gasteiger partial charge in [0.2, 0.25) is 5.91 Å². The van der Waals surface area contributed by atoms with Gasteiger partial charge in [-0.2, -0.15) is 0 Å². The molecule has 1 aromatic carbocycles. The van der Waals surface area contributed by atoms with E-state index in [0.717, 1.165) is 23.2 Å². The van der Waals surface area contributed by atoms with E-state index in [1.165, 1.54) is 0 Å². The molecule has 0 fully saturated rings. The zero-order chi connectivity index (χ0) is 18.7. The molecule has 0 bridgehead atoms. The van der Waals surface area contributed by atoms with Gasteiger partial charge >= 0.3 is 0 Å². The summed E-state index contributed by atoms with van der Waals surface area (Å²) in [6.45, 7) is 6.53. The third-order valence-corrected chi connectivity index (χ3v) is 5.04. The monoisotopic (exact) mass is 353 g/mol. The van der Waals surface area contributed by atoms with Gasteiger partial charge in [0.25, 0.3) is 5.56 Å². The third kappa shape index (κ3) is 4.05. The molecule has 0 saturated heterocycles. The Balaban J connectivity index is 1.68. The Morgan fingerprint density at radius 3 is 2.62 bits per heavy atom. The predicted molar refractivity (Wildman–Crippen MR) is 103 cm³/mol. The number of rotatable bonds is 5. The molecule has 1 aliphatic heterocycles. The first kappa shape index (κ1) is 18.4. The first-order chi connectivity index (χ1) is 12.5. The topological polar surface area (TPSA) is 45.6 Å². The Morgan fingerprint density at radius 1 is 1.19 bits per heavy atom. The second-order valence-corrected chi connectivity index (χ2v) is 7.30. The fourth-order valence-electron chi connectivity index (χ4n) is 3.48. The smallest absolute Gasteiger partial charge is 0.253 e. The van der Waals surface area contributed by atoms with Crippen LogP contribution in [0.2, 0.25) is 0 Å². The average molecular weight is 353 g/mol. The maximum atomic E-state index is 12.9. The van der Waals surface area contributed by atoms with Gasteiger partial charge < -0.3 is 9.47 Å². The normalized spacial score (nSPS) is 14.3. The molecule has 138 valence electrons. The first-order valence-corrected chi connectivity index (χ1v) is 9.19. The van der Waals surface area contributed by atoms with E-state index in [1.807, 2.05) is 35.4 Å². The number of hydrogen-bond acceptors (Lipinski definition) is 3. The highest BCUT2D eigenvalue weighted by Crippen LogP contribution is 2.16. The van der Waals surface area contributed by atoms with E-state index < -0.39 is 0 Å². The number of benzene rings is 1. The van der Waals surface area contributed by atoms with Crippen LogP contribution in [0.4, 0.5) is 0 Å². The molecule has 0 saturated carbocycles. The van der Waals surface area contributed by atoms with Crippen LogP contribution in [0.15, 0.2) is 47.4 Å². The van der Waals surface area contributed by atoms with Crippen LogP contribution in [0, 0.1) is 0 Å². The molecule has 0 radical (unpaired) electrons. The van der Waals surface area contributed by atoms with Gasteiger partial charge in [-0.3, -0.25) is 14.5 Å². The van der Waals surface area contributed by atoms with Crippen molar-refractivity contribution in [2.45, 2.75) is 39.4 Å². The summed E-state index contributed by atoms with van der Waals surface area (Å²) >= 11 is 0. The van der Waals surface area contributed by atoms with Crippen molar-refractivity contribution < 1.29 is 4.79 Å². The highest BCUT2D eigenvalue weighted by molar-refractivity contribution is 5.78. The summed E-state index contributed by atoms with van der Waals surface area (Å²) in [5.41, 5.74) is 3.17.